The Kier molecular flexibility index (Phi) is 2.23. The zero-order chi connectivity index (χ0) is 11.0. The third-order valence-corrected chi connectivity index (χ3v) is 2.65. The predicted molar refractivity (Wildman–Crippen MR) is 60.2 cm³/mol. The van der Waals surface area contributed by atoms with Gasteiger partial charge in [-0.25, -0.2) is 0 Å². The number of pyridine rings is 1. The molecule has 0 aliphatic carbocycles. The highest BCUT2D eigenvalue weighted by atomic mass is 16.3. The number of phenols is 1. The first-order valence-electron chi connectivity index (χ1n) is 4.95. The smallest absolute Gasteiger partial charge is 0.261 e. The van der Waals surface area contributed by atoms with Crippen molar-refractivity contribution < 1.29 is 5.11 Å². The normalized spacial score (nSPS) is 10.8. The van der Waals surface area contributed by atoms with Crippen molar-refractivity contribution in [3.05, 3.63) is 40.3 Å². The molecular weight excluding hydrogens is 190 g/mol. The summed E-state index contributed by atoms with van der Waals surface area (Å²) in [4.78, 5) is 11.8. The summed E-state index contributed by atoms with van der Waals surface area (Å²) in [6, 6.07) is 5.18. The van der Waals surface area contributed by atoms with Gasteiger partial charge in [-0.05, 0) is 23.4 Å². The largest absolute Gasteiger partial charge is 0.507 e. The maximum atomic E-state index is 11.8. The topological polar surface area (TPSA) is 42.2 Å². The van der Waals surface area contributed by atoms with Crippen LogP contribution in [0.4, 0.5) is 0 Å². The van der Waals surface area contributed by atoms with Gasteiger partial charge in [0.15, 0.2) is 0 Å². The van der Waals surface area contributed by atoms with E-state index in [-0.39, 0.29) is 11.3 Å². The minimum atomic E-state index is -0.152. The Morgan fingerprint density at radius 1 is 1.40 bits per heavy atom. The maximum absolute atomic E-state index is 11.8. The molecule has 0 unspecified atom stereocenters. The average molecular weight is 203 g/mol. The Morgan fingerprint density at radius 2 is 2.13 bits per heavy atom. The van der Waals surface area contributed by atoms with Gasteiger partial charge in [-0.15, -0.1) is 0 Å². The number of phenolic OH excluding ortho intramolecular Hbond substituents is 1. The van der Waals surface area contributed by atoms with Gasteiger partial charge >= 0.3 is 0 Å². The summed E-state index contributed by atoms with van der Waals surface area (Å²) in [5.41, 5.74) is 0.920. The molecule has 1 aromatic heterocycles. The van der Waals surface area contributed by atoms with Crippen molar-refractivity contribution in [3.8, 4) is 5.75 Å². The first kappa shape index (κ1) is 9.77. The summed E-state index contributed by atoms with van der Waals surface area (Å²) < 4.78 is 1.51. The van der Waals surface area contributed by atoms with Crippen LogP contribution in [-0.4, -0.2) is 9.67 Å². The van der Waals surface area contributed by atoms with E-state index in [9.17, 15) is 9.90 Å². The second-order valence-electron chi connectivity index (χ2n) is 3.62. The lowest BCUT2D eigenvalue weighted by atomic mass is 10.1. The molecular formula is C12H13NO2. The zero-order valence-electron chi connectivity index (χ0n) is 8.82. The fourth-order valence-electron chi connectivity index (χ4n) is 1.85. The second-order valence-corrected chi connectivity index (χ2v) is 3.62. The fraction of sp³-hybridized carbons (Fsp3) is 0.250. The molecule has 0 aliphatic rings. The molecule has 1 N–H and O–H groups in total. The summed E-state index contributed by atoms with van der Waals surface area (Å²) in [6.45, 7) is 2.03. The molecule has 15 heavy (non-hydrogen) atoms. The summed E-state index contributed by atoms with van der Waals surface area (Å²) in [5.74, 6) is 0.0587. The van der Waals surface area contributed by atoms with Crippen molar-refractivity contribution in [2.45, 2.75) is 13.3 Å². The maximum Gasteiger partial charge on any atom is 0.261 e. The highest BCUT2D eigenvalue weighted by Crippen LogP contribution is 2.23. The van der Waals surface area contributed by atoms with Crippen LogP contribution in [0.3, 0.4) is 0 Å². The molecule has 0 saturated heterocycles. The van der Waals surface area contributed by atoms with E-state index < -0.39 is 0 Å². The number of benzene rings is 1. The Bertz CT molecular complexity index is 570. The van der Waals surface area contributed by atoms with E-state index in [1.807, 2.05) is 19.2 Å². The number of hydrogen-bond acceptors (Lipinski definition) is 2. The van der Waals surface area contributed by atoms with E-state index >= 15 is 0 Å². The molecule has 3 nitrogen and oxygen atoms in total. The summed E-state index contributed by atoms with van der Waals surface area (Å²) in [7, 11) is 1.70. The first-order valence-corrected chi connectivity index (χ1v) is 4.95. The van der Waals surface area contributed by atoms with Crippen molar-refractivity contribution >= 4 is 10.8 Å². The van der Waals surface area contributed by atoms with Gasteiger partial charge in [-0.1, -0.05) is 19.1 Å². The Labute approximate surface area is 87.6 Å². The predicted octanol–water partition coefficient (Wildman–Crippen LogP) is 1.81. The number of hydrogen-bond donors (Lipinski definition) is 1. The minimum Gasteiger partial charge on any atom is -0.507 e. The molecule has 0 aliphatic heterocycles. The molecule has 0 amide bonds. The van der Waals surface area contributed by atoms with Crippen LogP contribution in [0.25, 0.3) is 10.8 Å². The number of rotatable bonds is 1. The van der Waals surface area contributed by atoms with Crippen LogP contribution in [0.1, 0.15) is 12.5 Å². The molecule has 0 bridgehead atoms. The van der Waals surface area contributed by atoms with Gasteiger partial charge in [0.05, 0.1) is 5.39 Å². The fourth-order valence-corrected chi connectivity index (χ4v) is 1.85. The van der Waals surface area contributed by atoms with Gasteiger partial charge in [0, 0.05) is 13.2 Å². The molecule has 0 atom stereocenters. The number of aromatic hydroxyl groups is 1. The van der Waals surface area contributed by atoms with Crippen LogP contribution >= 0.6 is 0 Å². The van der Waals surface area contributed by atoms with Crippen LogP contribution in [-0.2, 0) is 13.5 Å². The third-order valence-electron chi connectivity index (χ3n) is 2.65. The summed E-state index contributed by atoms with van der Waals surface area (Å²) >= 11 is 0. The van der Waals surface area contributed by atoms with Crippen LogP contribution < -0.4 is 5.56 Å². The zero-order valence-corrected chi connectivity index (χ0v) is 8.82. The van der Waals surface area contributed by atoms with E-state index in [0.717, 1.165) is 17.4 Å². The van der Waals surface area contributed by atoms with Crippen molar-refractivity contribution in [2.75, 3.05) is 0 Å². The summed E-state index contributed by atoms with van der Waals surface area (Å²) in [5, 5.41) is 10.9. The Morgan fingerprint density at radius 3 is 2.80 bits per heavy atom. The monoisotopic (exact) mass is 203 g/mol. The van der Waals surface area contributed by atoms with Crippen LogP contribution in [0.5, 0.6) is 5.75 Å². The van der Waals surface area contributed by atoms with Gasteiger partial charge in [0.1, 0.15) is 5.75 Å². The number of aromatic nitrogens is 1. The number of fused-ring (bicyclic) bond motifs is 1. The summed E-state index contributed by atoms with van der Waals surface area (Å²) in [6.07, 6.45) is 2.66. The molecule has 1 aromatic carbocycles. The van der Waals surface area contributed by atoms with Crippen LogP contribution in [0.2, 0.25) is 0 Å². The molecule has 78 valence electrons. The van der Waals surface area contributed by atoms with Gasteiger partial charge in [0.25, 0.3) is 5.56 Å². The van der Waals surface area contributed by atoms with E-state index in [0.29, 0.717) is 5.39 Å². The average Bonchev–Trinajstić information content (AvgIpc) is 2.23. The van der Waals surface area contributed by atoms with Gasteiger partial charge in [-0.3, -0.25) is 4.79 Å². The number of aryl methyl sites for hydroxylation is 2. The molecule has 3 heteroatoms. The van der Waals surface area contributed by atoms with Gasteiger partial charge in [-0.2, -0.15) is 0 Å². The Balaban J connectivity index is 3.03. The molecule has 2 aromatic rings. The second kappa shape index (κ2) is 3.42. The molecule has 1 heterocycles. The van der Waals surface area contributed by atoms with Crippen LogP contribution in [0, 0.1) is 0 Å². The van der Waals surface area contributed by atoms with E-state index in [1.54, 1.807) is 19.2 Å². The lowest BCUT2D eigenvalue weighted by Gasteiger charge is -2.08. The van der Waals surface area contributed by atoms with Gasteiger partial charge < -0.3 is 9.67 Å². The SMILES string of the molecule is CCc1cn(C)c(=O)c2c(O)cccc12. The Hall–Kier alpha value is -1.77. The highest BCUT2D eigenvalue weighted by Gasteiger charge is 2.08. The molecule has 0 fully saturated rings. The van der Waals surface area contributed by atoms with E-state index in [4.69, 9.17) is 0 Å². The standard InChI is InChI=1S/C12H13NO2/c1-3-8-7-13(2)12(15)11-9(8)5-4-6-10(11)14/h4-7,14H,3H2,1-2H3. The quantitative estimate of drug-likeness (QED) is 0.768. The lowest BCUT2D eigenvalue weighted by Crippen LogP contribution is -2.17. The molecule has 0 saturated carbocycles. The first-order chi connectivity index (χ1) is 7.15. The molecule has 0 radical (unpaired) electrons. The van der Waals surface area contributed by atoms with E-state index in [1.165, 1.54) is 4.57 Å². The van der Waals surface area contributed by atoms with Gasteiger partial charge in [0.2, 0.25) is 0 Å². The van der Waals surface area contributed by atoms with Crippen molar-refractivity contribution in [1.82, 2.24) is 4.57 Å². The van der Waals surface area contributed by atoms with Crippen molar-refractivity contribution in [3.63, 3.8) is 0 Å². The highest BCUT2D eigenvalue weighted by molar-refractivity contribution is 5.89. The third kappa shape index (κ3) is 1.40. The van der Waals surface area contributed by atoms with Crippen molar-refractivity contribution in [1.29, 1.82) is 0 Å². The molecule has 0 spiro atoms. The van der Waals surface area contributed by atoms with Crippen LogP contribution in [0.15, 0.2) is 29.2 Å². The van der Waals surface area contributed by atoms with E-state index in [2.05, 4.69) is 0 Å². The molecule has 2 rings (SSSR count). The number of nitrogens with zero attached hydrogens (tertiary/aromatic N) is 1. The van der Waals surface area contributed by atoms with Crippen molar-refractivity contribution in [2.24, 2.45) is 7.05 Å². The minimum absolute atomic E-state index is 0.0587. The lowest BCUT2D eigenvalue weighted by molar-refractivity contribution is 0.481.